The molecule has 0 amide bonds. The standard InChI is InChI=1S/C16H25NO/c1-3-18-16-9-6-14(10-12(16)2)11-13-4-7-15(17)8-5-13/h6,9-10,13,15H,3-5,7-8,11,17H2,1-2H3. The lowest BCUT2D eigenvalue weighted by atomic mass is 9.82. The lowest BCUT2D eigenvalue weighted by Gasteiger charge is -2.26. The number of benzene rings is 1. The van der Waals surface area contributed by atoms with Crippen LogP contribution in [0.1, 0.15) is 43.7 Å². The molecule has 100 valence electrons. The van der Waals surface area contributed by atoms with Gasteiger partial charge in [0, 0.05) is 6.04 Å². The molecule has 1 aromatic carbocycles. The molecule has 2 nitrogen and oxygen atoms in total. The summed E-state index contributed by atoms with van der Waals surface area (Å²) in [7, 11) is 0. The van der Waals surface area contributed by atoms with Crippen LogP contribution in [0.25, 0.3) is 0 Å². The molecule has 1 aliphatic carbocycles. The fourth-order valence-corrected chi connectivity index (χ4v) is 2.88. The number of hydrogen-bond acceptors (Lipinski definition) is 2. The number of aryl methyl sites for hydroxylation is 1. The molecule has 2 rings (SSSR count). The highest BCUT2D eigenvalue weighted by atomic mass is 16.5. The van der Waals surface area contributed by atoms with Gasteiger partial charge in [-0.2, -0.15) is 0 Å². The van der Waals surface area contributed by atoms with E-state index in [1.54, 1.807) is 0 Å². The molecule has 0 bridgehead atoms. The van der Waals surface area contributed by atoms with Crippen LogP contribution in [0.2, 0.25) is 0 Å². The van der Waals surface area contributed by atoms with Gasteiger partial charge in [-0.3, -0.25) is 0 Å². The van der Waals surface area contributed by atoms with E-state index in [9.17, 15) is 0 Å². The average molecular weight is 247 g/mol. The summed E-state index contributed by atoms with van der Waals surface area (Å²) in [4.78, 5) is 0. The fraction of sp³-hybridized carbons (Fsp3) is 0.625. The van der Waals surface area contributed by atoms with Crippen molar-refractivity contribution in [3.05, 3.63) is 29.3 Å². The van der Waals surface area contributed by atoms with Crippen molar-refractivity contribution >= 4 is 0 Å². The van der Waals surface area contributed by atoms with Crippen LogP contribution in [-0.4, -0.2) is 12.6 Å². The van der Waals surface area contributed by atoms with Gasteiger partial charge in [0.2, 0.25) is 0 Å². The lowest BCUT2D eigenvalue weighted by Crippen LogP contribution is -2.27. The van der Waals surface area contributed by atoms with Crippen LogP contribution in [0.4, 0.5) is 0 Å². The summed E-state index contributed by atoms with van der Waals surface area (Å²) in [5, 5.41) is 0. The minimum atomic E-state index is 0.448. The molecule has 1 aromatic rings. The maximum Gasteiger partial charge on any atom is 0.122 e. The van der Waals surface area contributed by atoms with E-state index in [1.807, 2.05) is 6.92 Å². The zero-order valence-corrected chi connectivity index (χ0v) is 11.6. The van der Waals surface area contributed by atoms with E-state index in [4.69, 9.17) is 10.5 Å². The molecule has 0 saturated heterocycles. The highest BCUT2D eigenvalue weighted by molar-refractivity contribution is 5.36. The molecule has 2 N–H and O–H groups in total. The Morgan fingerprint density at radius 3 is 2.56 bits per heavy atom. The number of nitrogens with two attached hydrogens (primary N) is 1. The van der Waals surface area contributed by atoms with Gasteiger partial charge in [0.25, 0.3) is 0 Å². The predicted molar refractivity (Wildman–Crippen MR) is 76.0 cm³/mol. The van der Waals surface area contributed by atoms with Crippen molar-refractivity contribution < 1.29 is 4.74 Å². The molecule has 0 spiro atoms. The third-order valence-electron chi connectivity index (χ3n) is 3.95. The molecule has 2 heteroatoms. The Balaban J connectivity index is 1.95. The molecule has 0 aromatic heterocycles. The molecule has 0 radical (unpaired) electrons. The van der Waals surface area contributed by atoms with Gasteiger partial charge in [-0.15, -0.1) is 0 Å². The number of rotatable bonds is 4. The van der Waals surface area contributed by atoms with E-state index in [0.29, 0.717) is 6.04 Å². The topological polar surface area (TPSA) is 35.2 Å². The number of ether oxygens (including phenoxy) is 1. The van der Waals surface area contributed by atoms with Gasteiger partial charge >= 0.3 is 0 Å². The molecule has 0 unspecified atom stereocenters. The second-order valence-corrected chi connectivity index (χ2v) is 5.52. The monoisotopic (exact) mass is 247 g/mol. The molecule has 0 heterocycles. The van der Waals surface area contributed by atoms with E-state index in [1.165, 1.54) is 43.2 Å². The Morgan fingerprint density at radius 2 is 1.94 bits per heavy atom. The fourth-order valence-electron chi connectivity index (χ4n) is 2.88. The van der Waals surface area contributed by atoms with E-state index in [0.717, 1.165) is 18.3 Å². The molecule has 1 aliphatic rings. The van der Waals surface area contributed by atoms with Crippen molar-refractivity contribution in [3.63, 3.8) is 0 Å². The van der Waals surface area contributed by atoms with Gasteiger partial charge < -0.3 is 10.5 Å². The van der Waals surface area contributed by atoms with Crippen molar-refractivity contribution in [1.29, 1.82) is 0 Å². The zero-order chi connectivity index (χ0) is 13.0. The molecule has 18 heavy (non-hydrogen) atoms. The molecular formula is C16H25NO. The van der Waals surface area contributed by atoms with Crippen LogP contribution in [0, 0.1) is 12.8 Å². The van der Waals surface area contributed by atoms with Crippen molar-refractivity contribution in [2.24, 2.45) is 11.7 Å². The molecule has 0 aliphatic heterocycles. The smallest absolute Gasteiger partial charge is 0.122 e. The summed E-state index contributed by atoms with van der Waals surface area (Å²) >= 11 is 0. The lowest BCUT2D eigenvalue weighted by molar-refractivity contribution is 0.324. The summed E-state index contributed by atoms with van der Waals surface area (Å²) in [5.74, 6) is 1.84. The largest absolute Gasteiger partial charge is 0.494 e. The third-order valence-corrected chi connectivity index (χ3v) is 3.95. The van der Waals surface area contributed by atoms with Crippen molar-refractivity contribution in [3.8, 4) is 5.75 Å². The highest BCUT2D eigenvalue weighted by Crippen LogP contribution is 2.28. The highest BCUT2D eigenvalue weighted by Gasteiger charge is 2.18. The van der Waals surface area contributed by atoms with Crippen molar-refractivity contribution in [1.82, 2.24) is 0 Å². The second kappa shape index (κ2) is 6.24. The Kier molecular flexibility index (Phi) is 4.65. The van der Waals surface area contributed by atoms with Crippen molar-refractivity contribution in [2.75, 3.05) is 6.61 Å². The van der Waals surface area contributed by atoms with Gasteiger partial charge in [0.05, 0.1) is 6.61 Å². The quantitative estimate of drug-likeness (QED) is 0.884. The molecule has 1 fully saturated rings. The molecule has 0 atom stereocenters. The summed E-state index contributed by atoms with van der Waals surface area (Å²) in [6, 6.07) is 7.05. The summed E-state index contributed by atoms with van der Waals surface area (Å²) in [6.07, 6.45) is 6.15. The van der Waals surface area contributed by atoms with E-state index in [2.05, 4.69) is 25.1 Å². The van der Waals surface area contributed by atoms with Crippen LogP contribution >= 0.6 is 0 Å². The van der Waals surface area contributed by atoms with Crippen LogP contribution in [0.5, 0.6) is 5.75 Å². The summed E-state index contributed by atoms with van der Waals surface area (Å²) in [6.45, 7) is 4.89. The van der Waals surface area contributed by atoms with Crippen LogP contribution in [0.3, 0.4) is 0 Å². The van der Waals surface area contributed by atoms with Crippen LogP contribution in [0.15, 0.2) is 18.2 Å². The van der Waals surface area contributed by atoms with Gasteiger partial charge in [0.15, 0.2) is 0 Å². The maximum absolute atomic E-state index is 5.95. The first-order chi connectivity index (χ1) is 8.69. The molecule has 1 saturated carbocycles. The average Bonchev–Trinajstić information content (AvgIpc) is 2.36. The van der Waals surface area contributed by atoms with Gasteiger partial charge in [-0.25, -0.2) is 0 Å². The second-order valence-electron chi connectivity index (χ2n) is 5.52. The van der Waals surface area contributed by atoms with E-state index >= 15 is 0 Å². The first-order valence-corrected chi connectivity index (χ1v) is 7.17. The van der Waals surface area contributed by atoms with Gasteiger partial charge in [0.1, 0.15) is 5.75 Å². The minimum absolute atomic E-state index is 0.448. The first kappa shape index (κ1) is 13.4. The first-order valence-electron chi connectivity index (χ1n) is 7.17. The minimum Gasteiger partial charge on any atom is -0.494 e. The zero-order valence-electron chi connectivity index (χ0n) is 11.6. The Labute approximate surface area is 111 Å². The Hall–Kier alpha value is -1.02. The van der Waals surface area contributed by atoms with E-state index in [-0.39, 0.29) is 0 Å². The summed E-state index contributed by atoms with van der Waals surface area (Å²) < 4.78 is 5.58. The van der Waals surface area contributed by atoms with Gasteiger partial charge in [-0.05, 0) is 69.1 Å². The third kappa shape index (κ3) is 3.49. The Morgan fingerprint density at radius 1 is 1.22 bits per heavy atom. The maximum atomic E-state index is 5.95. The van der Waals surface area contributed by atoms with Crippen molar-refractivity contribution in [2.45, 2.75) is 52.0 Å². The van der Waals surface area contributed by atoms with Crippen LogP contribution in [-0.2, 0) is 6.42 Å². The normalized spacial score (nSPS) is 23.9. The van der Waals surface area contributed by atoms with E-state index < -0.39 is 0 Å². The summed E-state index contributed by atoms with van der Waals surface area (Å²) in [5.41, 5.74) is 8.64. The van der Waals surface area contributed by atoms with Crippen LogP contribution < -0.4 is 10.5 Å². The number of hydrogen-bond donors (Lipinski definition) is 1. The van der Waals surface area contributed by atoms with Gasteiger partial charge in [-0.1, -0.05) is 12.1 Å². The predicted octanol–water partition coefficient (Wildman–Crippen LogP) is 3.45. The molecular weight excluding hydrogens is 222 g/mol. The SMILES string of the molecule is CCOc1ccc(CC2CCC(N)CC2)cc1C. The Bertz CT molecular complexity index is 381.